The number of hydrogen-bond donors (Lipinski definition) is 0. The average molecular weight is 303 g/mol. The van der Waals surface area contributed by atoms with Gasteiger partial charge in [0.15, 0.2) is 5.15 Å². The molecule has 1 aromatic heterocycles. The second-order valence-electron chi connectivity index (χ2n) is 5.89. The van der Waals surface area contributed by atoms with Crippen molar-refractivity contribution in [2.75, 3.05) is 11.5 Å². The molecule has 2 aliphatic rings. The predicted molar refractivity (Wildman–Crippen MR) is 75.4 cm³/mol. The molecule has 0 saturated carbocycles. The van der Waals surface area contributed by atoms with Crippen LogP contribution in [0.2, 0.25) is 5.15 Å². The largest absolute Gasteiger partial charge is 0.330 e. The van der Waals surface area contributed by atoms with Crippen LogP contribution in [0.1, 0.15) is 43.6 Å². The zero-order valence-electron chi connectivity index (χ0n) is 11.1. The van der Waals surface area contributed by atoms with Crippen LogP contribution >= 0.6 is 11.6 Å². The van der Waals surface area contributed by atoms with Crippen molar-refractivity contribution in [2.24, 2.45) is 5.92 Å². The van der Waals surface area contributed by atoms with Gasteiger partial charge in [0.25, 0.3) is 0 Å². The van der Waals surface area contributed by atoms with E-state index in [-0.39, 0.29) is 17.4 Å². The average Bonchev–Trinajstić information content (AvgIpc) is 2.66. The third kappa shape index (κ3) is 2.55. The van der Waals surface area contributed by atoms with E-state index in [1.165, 1.54) is 0 Å². The van der Waals surface area contributed by atoms with E-state index in [1.54, 1.807) is 0 Å². The summed E-state index contributed by atoms with van der Waals surface area (Å²) in [4.78, 5) is 4.53. The molecule has 0 aliphatic carbocycles. The summed E-state index contributed by atoms with van der Waals surface area (Å²) in [6, 6.07) is 0. The van der Waals surface area contributed by atoms with Gasteiger partial charge < -0.3 is 4.57 Å². The first-order valence-electron chi connectivity index (χ1n) is 6.91. The van der Waals surface area contributed by atoms with Crippen molar-refractivity contribution in [3.8, 4) is 0 Å². The van der Waals surface area contributed by atoms with E-state index < -0.39 is 9.84 Å². The molecule has 1 aromatic rings. The second-order valence-corrected chi connectivity index (χ2v) is 8.55. The molecule has 0 N–H and O–H groups in total. The van der Waals surface area contributed by atoms with E-state index in [0.29, 0.717) is 23.9 Å². The molecule has 19 heavy (non-hydrogen) atoms. The van der Waals surface area contributed by atoms with Gasteiger partial charge >= 0.3 is 0 Å². The summed E-state index contributed by atoms with van der Waals surface area (Å²) < 4.78 is 25.3. The number of halogens is 1. The molecule has 1 unspecified atom stereocenters. The molecule has 1 atom stereocenters. The van der Waals surface area contributed by atoms with E-state index in [2.05, 4.69) is 16.5 Å². The highest BCUT2D eigenvalue weighted by Crippen LogP contribution is 2.34. The maximum absolute atomic E-state index is 11.5. The Morgan fingerprint density at radius 3 is 2.63 bits per heavy atom. The smallest absolute Gasteiger partial charge is 0.150 e. The lowest BCUT2D eigenvalue weighted by Crippen LogP contribution is -2.26. The summed E-state index contributed by atoms with van der Waals surface area (Å²) in [5, 5.41) is 0.621. The minimum absolute atomic E-state index is 0.250. The molecule has 6 heteroatoms. The van der Waals surface area contributed by atoms with Crippen LogP contribution in [-0.2, 0) is 22.8 Å². The highest BCUT2D eigenvalue weighted by molar-refractivity contribution is 7.91. The zero-order chi connectivity index (χ0) is 13.6. The molecule has 106 valence electrons. The van der Waals surface area contributed by atoms with E-state index in [1.807, 2.05) is 0 Å². The molecule has 0 spiro atoms. The van der Waals surface area contributed by atoms with Gasteiger partial charge in [0.2, 0.25) is 0 Å². The lowest BCUT2D eigenvalue weighted by atomic mass is 9.98. The molecule has 1 saturated heterocycles. The normalized spacial score (nSPS) is 27.2. The third-order valence-electron chi connectivity index (χ3n) is 4.34. The van der Waals surface area contributed by atoms with Crippen LogP contribution in [-0.4, -0.2) is 29.5 Å². The van der Waals surface area contributed by atoms with Gasteiger partial charge in [-0.3, -0.25) is 0 Å². The fourth-order valence-corrected chi connectivity index (χ4v) is 4.94. The van der Waals surface area contributed by atoms with Crippen LogP contribution in [0.5, 0.6) is 0 Å². The predicted octanol–water partition coefficient (Wildman–Crippen LogP) is 2.41. The Kier molecular flexibility index (Phi) is 3.38. The minimum atomic E-state index is -2.82. The topological polar surface area (TPSA) is 52.0 Å². The number of fused-ring (bicyclic) bond motifs is 1. The molecule has 2 aliphatic heterocycles. The lowest BCUT2D eigenvalue weighted by molar-refractivity contribution is 0.379. The van der Waals surface area contributed by atoms with Gasteiger partial charge in [0.1, 0.15) is 15.7 Å². The number of rotatable bonds is 1. The number of sulfone groups is 1. The van der Waals surface area contributed by atoms with Gasteiger partial charge in [-0.2, -0.15) is 0 Å². The molecular formula is C13H19ClN2O2S. The van der Waals surface area contributed by atoms with Gasteiger partial charge in [-0.15, -0.1) is 0 Å². The molecule has 3 rings (SSSR count). The number of aromatic nitrogens is 2. The second kappa shape index (κ2) is 4.77. The third-order valence-corrected chi connectivity index (χ3v) is 6.36. The van der Waals surface area contributed by atoms with Crippen LogP contribution in [0, 0.1) is 5.92 Å². The summed E-state index contributed by atoms with van der Waals surface area (Å²) in [5.74, 6) is 2.48. The quantitative estimate of drug-likeness (QED) is 0.800. The van der Waals surface area contributed by atoms with Crippen molar-refractivity contribution in [2.45, 2.75) is 45.1 Å². The number of hydrogen-bond acceptors (Lipinski definition) is 3. The van der Waals surface area contributed by atoms with Crippen molar-refractivity contribution < 1.29 is 8.42 Å². The van der Waals surface area contributed by atoms with Gasteiger partial charge in [0.05, 0.1) is 17.2 Å². The van der Waals surface area contributed by atoms with E-state index in [9.17, 15) is 8.42 Å². The van der Waals surface area contributed by atoms with E-state index >= 15 is 0 Å². The number of nitrogens with zero attached hydrogens (tertiary/aromatic N) is 2. The Balaban J connectivity index is 1.90. The van der Waals surface area contributed by atoms with Gasteiger partial charge in [-0.1, -0.05) is 18.5 Å². The van der Waals surface area contributed by atoms with Crippen LogP contribution in [0.4, 0.5) is 0 Å². The summed E-state index contributed by atoms with van der Waals surface area (Å²) >= 11 is 6.24. The summed E-state index contributed by atoms with van der Waals surface area (Å²) in [6.07, 6.45) is 3.51. The van der Waals surface area contributed by atoms with Crippen LogP contribution in [0.15, 0.2) is 0 Å². The van der Waals surface area contributed by atoms with E-state index in [0.717, 1.165) is 30.9 Å². The van der Waals surface area contributed by atoms with Gasteiger partial charge in [-0.05, 0) is 31.6 Å². The Morgan fingerprint density at radius 2 is 1.95 bits per heavy atom. The summed E-state index contributed by atoms with van der Waals surface area (Å²) in [6.45, 7) is 3.21. The number of imidazole rings is 1. The lowest BCUT2D eigenvalue weighted by Gasteiger charge is -2.27. The van der Waals surface area contributed by atoms with Crippen molar-refractivity contribution in [1.29, 1.82) is 0 Å². The van der Waals surface area contributed by atoms with Crippen molar-refractivity contribution in [3.05, 3.63) is 16.7 Å². The fraction of sp³-hybridized carbons (Fsp3) is 0.769. The van der Waals surface area contributed by atoms with Gasteiger partial charge in [-0.25, -0.2) is 13.4 Å². The standard InChI is InChI=1S/C13H19ClN2O2S/c1-9-2-3-11-12(14)15-13(16(11)8-9)10-4-6-19(17,18)7-5-10/h9-10H,2-8H2,1H3. The van der Waals surface area contributed by atoms with Crippen molar-refractivity contribution in [1.82, 2.24) is 9.55 Å². The first-order valence-corrected chi connectivity index (χ1v) is 9.11. The van der Waals surface area contributed by atoms with Crippen LogP contribution < -0.4 is 0 Å². The molecular weight excluding hydrogens is 284 g/mol. The highest BCUT2D eigenvalue weighted by atomic mass is 35.5. The summed E-state index contributed by atoms with van der Waals surface area (Å²) in [7, 11) is -2.82. The first kappa shape index (κ1) is 13.4. The molecule has 4 nitrogen and oxygen atoms in total. The highest BCUT2D eigenvalue weighted by Gasteiger charge is 2.31. The zero-order valence-corrected chi connectivity index (χ0v) is 12.7. The summed E-state index contributed by atoms with van der Waals surface area (Å²) in [5.41, 5.74) is 1.14. The Labute approximate surface area is 119 Å². The first-order chi connectivity index (χ1) is 8.96. The SMILES string of the molecule is CC1CCc2c(Cl)nc(C3CCS(=O)(=O)CC3)n2C1. The maximum Gasteiger partial charge on any atom is 0.150 e. The van der Waals surface area contributed by atoms with Crippen LogP contribution in [0.3, 0.4) is 0 Å². The molecule has 0 amide bonds. The fourth-order valence-electron chi connectivity index (χ4n) is 3.16. The molecule has 0 aromatic carbocycles. The Hall–Kier alpha value is -0.550. The van der Waals surface area contributed by atoms with Crippen molar-refractivity contribution in [3.63, 3.8) is 0 Å². The Bertz CT molecular complexity index is 580. The Morgan fingerprint density at radius 1 is 1.26 bits per heavy atom. The molecule has 1 fully saturated rings. The molecule has 3 heterocycles. The maximum atomic E-state index is 11.5. The van der Waals surface area contributed by atoms with Gasteiger partial charge in [0, 0.05) is 12.5 Å². The van der Waals surface area contributed by atoms with Crippen LogP contribution in [0.25, 0.3) is 0 Å². The minimum Gasteiger partial charge on any atom is -0.330 e. The van der Waals surface area contributed by atoms with E-state index in [4.69, 9.17) is 11.6 Å². The monoisotopic (exact) mass is 302 g/mol. The molecule has 0 bridgehead atoms. The molecule has 0 radical (unpaired) electrons. The van der Waals surface area contributed by atoms with Crippen molar-refractivity contribution >= 4 is 21.4 Å².